The molecule has 1 aliphatic rings. The summed E-state index contributed by atoms with van der Waals surface area (Å²) in [5.74, 6) is -0.0761. The van der Waals surface area contributed by atoms with Gasteiger partial charge in [-0.3, -0.25) is 24.1 Å². The molecule has 188 valence electrons. The molecule has 0 spiro atoms. The molecule has 0 saturated carbocycles. The standard InChI is InChI=1S/C26H38N2O5S/c1-5-7-13-26(6-2)18-34(31,32)23-14-20(16-28(3)17-24(29)30)22(33-4)15-21(23)25(27-26)19-11-9-8-10-12-19/h8-12,14-15,25,27,31-32H,5-7,13,16-18H2,1-4H3,(H,29,30)/t25-,26-/m1/s1. The zero-order valence-corrected chi connectivity index (χ0v) is 21.4. The Balaban J connectivity index is 2.18. The Bertz CT molecular complexity index is 985. The number of carboxylic acids is 1. The zero-order valence-electron chi connectivity index (χ0n) is 20.6. The summed E-state index contributed by atoms with van der Waals surface area (Å²) in [5.41, 5.74) is 2.14. The van der Waals surface area contributed by atoms with Crippen LogP contribution < -0.4 is 10.1 Å². The topological polar surface area (TPSA) is 102 Å². The molecule has 2 atom stereocenters. The Hall–Kier alpha value is -2.10. The zero-order chi connectivity index (χ0) is 24.9. The fraction of sp³-hybridized carbons (Fsp3) is 0.500. The number of rotatable bonds is 10. The summed E-state index contributed by atoms with van der Waals surface area (Å²) in [4.78, 5) is 13.3. The van der Waals surface area contributed by atoms with E-state index in [-0.39, 0.29) is 18.3 Å². The van der Waals surface area contributed by atoms with Gasteiger partial charge >= 0.3 is 5.97 Å². The Labute approximate surface area is 204 Å². The van der Waals surface area contributed by atoms with Gasteiger partial charge in [0.25, 0.3) is 0 Å². The van der Waals surface area contributed by atoms with Crippen LogP contribution in [0.3, 0.4) is 0 Å². The number of hydrogen-bond donors (Lipinski definition) is 4. The van der Waals surface area contributed by atoms with Crippen molar-refractivity contribution in [2.75, 3.05) is 26.5 Å². The number of carboxylic acid groups (broad SMARTS) is 1. The van der Waals surface area contributed by atoms with Crippen LogP contribution in [0, 0.1) is 0 Å². The number of fused-ring (bicyclic) bond motifs is 1. The summed E-state index contributed by atoms with van der Waals surface area (Å²) < 4.78 is 28.8. The van der Waals surface area contributed by atoms with Crippen molar-refractivity contribution in [1.82, 2.24) is 10.2 Å². The Kier molecular flexibility index (Phi) is 8.65. The van der Waals surface area contributed by atoms with Crippen LogP contribution in [0.2, 0.25) is 0 Å². The summed E-state index contributed by atoms with van der Waals surface area (Å²) in [7, 11) is 0.175. The Morgan fingerprint density at radius 3 is 2.53 bits per heavy atom. The highest BCUT2D eigenvalue weighted by Gasteiger charge is 2.42. The first-order chi connectivity index (χ1) is 16.1. The lowest BCUT2D eigenvalue weighted by Crippen LogP contribution is -2.49. The smallest absolute Gasteiger partial charge is 0.317 e. The average Bonchev–Trinajstić information content (AvgIpc) is 2.89. The van der Waals surface area contributed by atoms with Gasteiger partial charge in [-0.15, -0.1) is 0 Å². The average molecular weight is 491 g/mol. The second-order valence-electron chi connectivity index (χ2n) is 9.30. The Morgan fingerprint density at radius 2 is 1.94 bits per heavy atom. The van der Waals surface area contributed by atoms with Gasteiger partial charge in [0.2, 0.25) is 0 Å². The number of unbranched alkanes of at least 4 members (excludes halogenated alkanes) is 1. The monoisotopic (exact) mass is 490 g/mol. The fourth-order valence-electron chi connectivity index (χ4n) is 4.86. The number of methoxy groups -OCH3 is 1. The van der Waals surface area contributed by atoms with E-state index in [1.165, 1.54) is 0 Å². The van der Waals surface area contributed by atoms with Crippen molar-refractivity contribution >= 4 is 16.6 Å². The van der Waals surface area contributed by atoms with Crippen LogP contribution in [0.25, 0.3) is 0 Å². The van der Waals surface area contributed by atoms with E-state index in [0.29, 0.717) is 17.2 Å². The first kappa shape index (κ1) is 26.5. The number of benzene rings is 2. The van der Waals surface area contributed by atoms with Crippen LogP contribution in [0.15, 0.2) is 47.4 Å². The first-order valence-electron chi connectivity index (χ1n) is 11.8. The largest absolute Gasteiger partial charge is 0.496 e. The maximum absolute atomic E-state index is 11.6. The lowest BCUT2D eigenvalue weighted by molar-refractivity contribution is -0.138. The van der Waals surface area contributed by atoms with Crippen molar-refractivity contribution in [1.29, 1.82) is 0 Å². The van der Waals surface area contributed by atoms with E-state index < -0.39 is 22.1 Å². The minimum Gasteiger partial charge on any atom is -0.496 e. The van der Waals surface area contributed by atoms with Crippen molar-refractivity contribution < 1.29 is 23.7 Å². The van der Waals surface area contributed by atoms with Gasteiger partial charge in [0, 0.05) is 23.2 Å². The number of nitrogens with one attached hydrogen (secondary N) is 1. The second-order valence-corrected chi connectivity index (χ2v) is 11.4. The van der Waals surface area contributed by atoms with Gasteiger partial charge in [0.1, 0.15) is 5.75 Å². The molecule has 7 nitrogen and oxygen atoms in total. The first-order valence-corrected chi connectivity index (χ1v) is 13.6. The van der Waals surface area contributed by atoms with Crippen LogP contribution in [-0.4, -0.2) is 57.1 Å². The molecule has 0 aliphatic carbocycles. The van der Waals surface area contributed by atoms with Gasteiger partial charge < -0.3 is 9.84 Å². The van der Waals surface area contributed by atoms with Gasteiger partial charge in [-0.05, 0) is 37.6 Å². The summed E-state index contributed by atoms with van der Waals surface area (Å²) in [6.07, 6.45) is 3.63. The van der Waals surface area contributed by atoms with E-state index in [1.807, 2.05) is 30.3 Å². The van der Waals surface area contributed by atoms with Crippen molar-refractivity contribution in [2.24, 2.45) is 0 Å². The van der Waals surface area contributed by atoms with E-state index in [4.69, 9.17) is 9.84 Å². The van der Waals surface area contributed by atoms with Gasteiger partial charge in [-0.1, -0.05) is 57.0 Å². The highest BCUT2D eigenvalue weighted by atomic mass is 32.3. The highest BCUT2D eigenvalue weighted by molar-refractivity contribution is 8.24. The number of likely N-dealkylation sites (N-methyl/N-ethyl adjacent to an activating group) is 1. The van der Waals surface area contributed by atoms with Crippen molar-refractivity contribution in [3.63, 3.8) is 0 Å². The minimum absolute atomic E-state index is 0.124. The highest BCUT2D eigenvalue weighted by Crippen LogP contribution is 2.58. The molecule has 0 amide bonds. The van der Waals surface area contributed by atoms with E-state index >= 15 is 0 Å². The number of nitrogens with zero attached hydrogens (tertiary/aromatic N) is 1. The minimum atomic E-state index is -3.13. The van der Waals surface area contributed by atoms with Crippen molar-refractivity contribution in [3.8, 4) is 5.75 Å². The maximum atomic E-state index is 11.6. The SMILES string of the molecule is CCCC[C@]1(CC)CS(O)(O)c2cc(CN(C)CC(=O)O)c(OC)cc2[C@@H](c2ccccc2)N1. The van der Waals surface area contributed by atoms with Crippen LogP contribution >= 0.6 is 10.6 Å². The third-order valence-corrected chi connectivity index (χ3v) is 8.68. The van der Waals surface area contributed by atoms with E-state index in [2.05, 4.69) is 31.3 Å². The number of hydrogen-bond acceptors (Lipinski definition) is 6. The summed E-state index contributed by atoms with van der Waals surface area (Å²) in [6.45, 7) is 4.44. The second kappa shape index (κ2) is 11.1. The molecule has 0 bridgehead atoms. The molecule has 1 aliphatic heterocycles. The van der Waals surface area contributed by atoms with Crippen molar-refractivity contribution in [2.45, 2.75) is 62.6 Å². The van der Waals surface area contributed by atoms with Gasteiger partial charge in [0.05, 0.1) is 30.3 Å². The summed E-state index contributed by atoms with van der Waals surface area (Å²) in [6, 6.07) is 13.5. The predicted molar refractivity (Wildman–Crippen MR) is 137 cm³/mol. The normalized spacial score (nSPS) is 22.6. The third-order valence-electron chi connectivity index (χ3n) is 6.67. The van der Waals surface area contributed by atoms with E-state index in [1.54, 1.807) is 19.1 Å². The van der Waals surface area contributed by atoms with Crippen LogP contribution in [-0.2, 0) is 11.3 Å². The number of aliphatic carboxylic acids is 1. The molecule has 0 saturated heterocycles. The molecule has 34 heavy (non-hydrogen) atoms. The van der Waals surface area contributed by atoms with Crippen LogP contribution in [0.1, 0.15) is 62.3 Å². The summed E-state index contributed by atoms with van der Waals surface area (Å²) >= 11 is 0. The number of ether oxygens (including phenoxy) is 1. The molecule has 2 aromatic carbocycles. The molecule has 0 unspecified atom stereocenters. The van der Waals surface area contributed by atoms with Gasteiger partial charge in [0.15, 0.2) is 0 Å². The molecule has 2 aromatic rings. The Morgan fingerprint density at radius 1 is 1.24 bits per heavy atom. The summed E-state index contributed by atoms with van der Waals surface area (Å²) in [5, 5.41) is 13.0. The molecule has 3 rings (SSSR count). The van der Waals surface area contributed by atoms with E-state index in [0.717, 1.165) is 42.4 Å². The van der Waals surface area contributed by atoms with Gasteiger partial charge in [-0.25, -0.2) is 0 Å². The molecule has 0 radical (unpaired) electrons. The van der Waals surface area contributed by atoms with Crippen molar-refractivity contribution in [3.05, 3.63) is 59.2 Å². The van der Waals surface area contributed by atoms with Crippen LogP contribution in [0.4, 0.5) is 0 Å². The molecule has 4 N–H and O–H groups in total. The molecular weight excluding hydrogens is 452 g/mol. The molecule has 0 aromatic heterocycles. The lowest BCUT2D eigenvalue weighted by atomic mass is 9.88. The quantitative estimate of drug-likeness (QED) is 0.356. The predicted octanol–water partition coefficient (Wildman–Crippen LogP) is 5.35. The molecule has 8 heteroatoms. The maximum Gasteiger partial charge on any atom is 0.317 e. The molecular formula is C26H38N2O5S. The van der Waals surface area contributed by atoms with Crippen LogP contribution in [0.5, 0.6) is 5.75 Å². The number of carbonyl (C=O) groups is 1. The lowest BCUT2D eigenvalue weighted by Gasteiger charge is -2.42. The molecule has 1 heterocycles. The van der Waals surface area contributed by atoms with E-state index in [9.17, 15) is 13.9 Å². The van der Waals surface area contributed by atoms with Gasteiger partial charge in [-0.2, -0.15) is 10.6 Å². The molecule has 0 fully saturated rings. The fourth-order valence-corrected chi connectivity index (χ4v) is 7.10. The third kappa shape index (κ3) is 5.93.